The van der Waals surface area contributed by atoms with Crippen molar-refractivity contribution in [3.63, 3.8) is 0 Å². The van der Waals surface area contributed by atoms with Crippen molar-refractivity contribution in [1.29, 1.82) is 0 Å². The first-order valence-corrected chi connectivity index (χ1v) is 10.9. The second-order valence-electron chi connectivity index (χ2n) is 6.96. The van der Waals surface area contributed by atoms with Gasteiger partial charge in [0.25, 0.3) is 10.1 Å². The van der Waals surface area contributed by atoms with Crippen LogP contribution in [-0.2, 0) is 16.5 Å². The fourth-order valence-electron chi connectivity index (χ4n) is 3.53. The Morgan fingerprint density at radius 2 is 1.70 bits per heavy atom. The van der Waals surface area contributed by atoms with Crippen molar-refractivity contribution in [2.75, 3.05) is 11.1 Å². The van der Waals surface area contributed by atoms with Crippen LogP contribution in [0.1, 0.15) is 5.56 Å². The highest BCUT2D eigenvalue weighted by molar-refractivity contribution is 7.85. The first kappa shape index (κ1) is 18.5. The lowest BCUT2D eigenvalue weighted by atomic mass is 10.1. The third kappa shape index (κ3) is 3.34. The van der Waals surface area contributed by atoms with Gasteiger partial charge in [0, 0.05) is 17.3 Å². The van der Waals surface area contributed by atoms with Crippen molar-refractivity contribution in [3.8, 4) is 28.5 Å². The number of hydrogen-bond acceptors (Lipinski definition) is 6. The Labute approximate surface area is 173 Å². The average molecular weight is 419 g/mol. The van der Waals surface area contributed by atoms with Crippen LogP contribution in [0.4, 0.5) is 11.5 Å². The maximum absolute atomic E-state index is 11.0. The summed E-state index contributed by atoms with van der Waals surface area (Å²) in [4.78, 5) is 4.48. The number of hydrogen-bond donors (Lipinski definition) is 2. The van der Waals surface area contributed by atoms with Gasteiger partial charge in [-0.05, 0) is 36.2 Å². The molecule has 1 aliphatic rings. The Morgan fingerprint density at radius 3 is 2.50 bits per heavy atom. The van der Waals surface area contributed by atoms with Gasteiger partial charge in [-0.2, -0.15) is 8.42 Å². The molecular formula is C21H17N5O3S. The van der Waals surface area contributed by atoms with E-state index < -0.39 is 10.1 Å². The lowest BCUT2D eigenvalue weighted by molar-refractivity contribution is 0.482. The molecule has 0 saturated heterocycles. The summed E-state index contributed by atoms with van der Waals surface area (Å²) < 4.78 is 32.9. The number of nitrogens with zero attached hydrogens (tertiary/aromatic N) is 4. The molecule has 0 amide bonds. The van der Waals surface area contributed by atoms with E-state index in [2.05, 4.69) is 20.5 Å². The van der Waals surface area contributed by atoms with Gasteiger partial charge in [-0.15, -0.1) is 10.2 Å². The van der Waals surface area contributed by atoms with Gasteiger partial charge >= 0.3 is 0 Å². The molecule has 0 aliphatic carbocycles. The number of anilines is 2. The topological polar surface area (TPSA) is 110 Å². The molecule has 30 heavy (non-hydrogen) atoms. The molecule has 2 aromatic carbocycles. The molecule has 0 radical (unpaired) electrons. The molecule has 0 spiro atoms. The number of aromatic nitrogens is 4. The zero-order valence-corrected chi connectivity index (χ0v) is 16.5. The van der Waals surface area contributed by atoms with Crippen LogP contribution in [-0.4, -0.2) is 38.5 Å². The van der Waals surface area contributed by atoms with E-state index in [0.29, 0.717) is 17.5 Å². The van der Waals surface area contributed by atoms with Crippen molar-refractivity contribution in [3.05, 3.63) is 72.4 Å². The maximum Gasteiger partial charge on any atom is 0.265 e. The summed E-state index contributed by atoms with van der Waals surface area (Å²) in [5, 5.41) is 12.3. The summed E-state index contributed by atoms with van der Waals surface area (Å²) in [6.45, 7) is 0. The van der Waals surface area contributed by atoms with E-state index in [1.807, 2.05) is 65.2 Å². The maximum atomic E-state index is 11.0. The summed E-state index contributed by atoms with van der Waals surface area (Å²) in [5.74, 6) is 1.75. The average Bonchev–Trinajstić information content (AvgIpc) is 3.12. The van der Waals surface area contributed by atoms with Crippen LogP contribution in [0.3, 0.4) is 0 Å². The van der Waals surface area contributed by atoms with Gasteiger partial charge in [0.1, 0.15) is 0 Å². The van der Waals surface area contributed by atoms with Crippen molar-refractivity contribution in [1.82, 2.24) is 19.7 Å². The second kappa shape index (κ2) is 7.05. The Balaban J connectivity index is 1.62. The van der Waals surface area contributed by atoms with Gasteiger partial charge in [-0.3, -0.25) is 9.12 Å². The summed E-state index contributed by atoms with van der Waals surface area (Å²) >= 11 is 0. The summed E-state index contributed by atoms with van der Waals surface area (Å²) in [6, 6.07) is 19.1. The summed E-state index contributed by atoms with van der Waals surface area (Å²) in [7, 11) is -3.99. The highest BCUT2D eigenvalue weighted by Gasteiger charge is 2.24. The van der Waals surface area contributed by atoms with Crippen LogP contribution in [0.15, 0.2) is 66.9 Å². The van der Waals surface area contributed by atoms with E-state index in [1.165, 1.54) is 0 Å². The molecule has 0 unspecified atom stereocenters. The van der Waals surface area contributed by atoms with Crippen LogP contribution in [0, 0.1) is 0 Å². The minimum absolute atomic E-state index is 0.237. The third-order valence-corrected chi connectivity index (χ3v) is 5.69. The van der Waals surface area contributed by atoms with Crippen molar-refractivity contribution < 1.29 is 13.0 Å². The Morgan fingerprint density at radius 1 is 0.933 bits per heavy atom. The van der Waals surface area contributed by atoms with E-state index in [0.717, 1.165) is 28.1 Å². The third-order valence-electron chi connectivity index (χ3n) is 4.97. The monoisotopic (exact) mass is 419 g/mol. The molecule has 150 valence electrons. The molecule has 0 saturated carbocycles. The van der Waals surface area contributed by atoms with E-state index >= 15 is 0 Å². The fourth-order valence-corrected chi connectivity index (χ4v) is 4.02. The molecule has 1 aliphatic heterocycles. The Kier molecular flexibility index (Phi) is 4.34. The Bertz CT molecular complexity index is 1350. The molecule has 0 bridgehead atoms. The van der Waals surface area contributed by atoms with Crippen molar-refractivity contribution >= 4 is 21.6 Å². The van der Waals surface area contributed by atoms with E-state index in [9.17, 15) is 8.42 Å². The normalized spacial score (nSPS) is 12.3. The lowest BCUT2D eigenvalue weighted by Gasteiger charge is -2.11. The molecule has 2 N–H and O–H groups in total. The summed E-state index contributed by atoms with van der Waals surface area (Å²) in [6.07, 6.45) is 1.97. The highest BCUT2D eigenvalue weighted by Crippen LogP contribution is 2.38. The van der Waals surface area contributed by atoms with Gasteiger partial charge in [-0.25, -0.2) is 4.98 Å². The zero-order valence-electron chi connectivity index (χ0n) is 15.7. The van der Waals surface area contributed by atoms with Crippen molar-refractivity contribution in [2.24, 2.45) is 0 Å². The minimum atomic E-state index is -3.99. The first-order valence-electron chi connectivity index (χ1n) is 9.31. The van der Waals surface area contributed by atoms with Crippen molar-refractivity contribution in [2.45, 2.75) is 6.42 Å². The molecular weight excluding hydrogens is 402 g/mol. The Hall–Kier alpha value is -3.56. The quantitative estimate of drug-likeness (QED) is 0.429. The SMILES string of the molecule is O=S(=O)(O)CCc1ccc(-c2nnc3n2-c2cccnc2Nc2ccccc2-3)cc1. The van der Waals surface area contributed by atoms with Gasteiger partial charge in [0.15, 0.2) is 17.5 Å². The molecule has 9 heteroatoms. The van der Waals surface area contributed by atoms with E-state index in [1.54, 1.807) is 6.20 Å². The second-order valence-corrected chi connectivity index (χ2v) is 8.53. The number of fused-ring (bicyclic) bond motifs is 5. The molecule has 3 heterocycles. The smallest absolute Gasteiger partial charge is 0.265 e. The van der Waals surface area contributed by atoms with Gasteiger partial charge in [-0.1, -0.05) is 36.4 Å². The molecule has 8 nitrogen and oxygen atoms in total. The van der Waals surface area contributed by atoms with Crippen LogP contribution < -0.4 is 5.32 Å². The number of aryl methyl sites for hydroxylation is 1. The lowest BCUT2D eigenvalue weighted by Crippen LogP contribution is -2.06. The van der Waals surface area contributed by atoms with E-state index in [-0.39, 0.29) is 12.2 Å². The number of rotatable bonds is 4. The zero-order chi connectivity index (χ0) is 20.7. The molecule has 0 fully saturated rings. The van der Waals surface area contributed by atoms with Gasteiger partial charge in [0.05, 0.1) is 17.1 Å². The number of para-hydroxylation sites is 1. The molecule has 5 rings (SSSR count). The largest absolute Gasteiger partial charge is 0.338 e. The van der Waals surface area contributed by atoms with Crippen LogP contribution in [0.5, 0.6) is 0 Å². The van der Waals surface area contributed by atoms with Gasteiger partial charge < -0.3 is 5.32 Å². The number of benzene rings is 2. The van der Waals surface area contributed by atoms with Crippen LogP contribution in [0.2, 0.25) is 0 Å². The number of pyridine rings is 1. The molecule has 4 aromatic rings. The predicted molar refractivity (Wildman–Crippen MR) is 113 cm³/mol. The first-order chi connectivity index (χ1) is 14.5. The number of nitrogens with one attached hydrogen (secondary N) is 1. The minimum Gasteiger partial charge on any atom is -0.338 e. The highest BCUT2D eigenvalue weighted by atomic mass is 32.2. The summed E-state index contributed by atoms with van der Waals surface area (Å²) in [5.41, 5.74) is 4.29. The van der Waals surface area contributed by atoms with Crippen LogP contribution in [0.25, 0.3) is 28.5 Å². The predicted octanol–water partition coefficient (Wildman–Crippen LogP) is 3.48. The van der Waals surface area contributed by atoms with Gasteiger partial charge in [0.2, 0.25) is 0 Å². The van der Waals surface area contributed by atoms with Crippen LogP contribution >= 0.6 is 0 Å². The fraction of sp³-hybridized carbons (Fsp3) is 0.0952. The molecule has 2 aromatic heterocycles. The standard InChI is InChI=1S/C21H17N5O3S/c27-30(28,29)13-11-14-7-9-15(10-8-14)20-24-25-21-16-4-1-2-5-17(16)23-19-18(26(20)21)6-3-12-22-19/h1-10,12H,11,13H2,(H,22,23)(H,27,28,29). The van der Waals surface area contributed by atoms with E-state index in [4.69, 9.17) is 4.55 Å². The molecule has 0 atom stereocenters.